The largest absolute Gasteiger partial charge is 0.506 e. The van der Waals surface area contributed by atoms with Gasteiger partial charge in [0.2, 0.25) is 5.91 Å². The number of carbonyl (C=O) groups is 2. The highest BCUT2D eigenvalue weighted by Crippen LogP contribution is 2.29. The summed E-state index contributed by atoms with van der Waals surface area (Å²) in [6.07, 6.45) is 0.874. The van der Waals surface area contributed by atoms with Crippen LogP contribution in [0.2, 0.25) is 0 Å². The van der Waals surface area contributed by atoms with Gasteiger partial charge in [-0.25, -0.2) is 8.42 Å². The van der Waals surface area contributed by atoms with Crippen molar-refractivity contribution in [1.29, 1.82) is 0 Å². The number of phenolic OH excluding ortho intramolecular Hbond substituents is 1. The molecule has 0 atom stereocenters. The van der Waals surface area contributed by atoms with Crippen molar-refractivity contribution in [2.24, 2.45) is 5.92 Å². The Morgan fingerprint density at radius 3 is 2.21 bits per heavy atom. The number of sulfone groups is 1. The molecule has 1 aliphatic heterocycles. The van der Waals surface area contributed by atoms with E-state index in [4.69, 9.17) is 9.47 Å². The van der Waals surface area contributed by atoms with Gasteiger partial charge in [0, 0.05) is 30.6 Å². The molecule has 0 radical (unpaired) electrons. The molecule has 0 aromatic heterocycles. The van der Waals surface area contributed by atoms with Gasteiger partial charge in [-0.1, -0.05) is 6.92 Å². The number of benzene rings is 2. The fourth-order valence-electron chi connectivity index (χ4n) is 3.67. The summed E-state index contributed by atoms with van der Waals surface area (Å²) in [5.41, 5.74) is 0.490. The minimum Gasteiger partial charge on any atom is -0.506 e. The average molecular weight is 477 g/mol. The fourth-order valence-corrected chi connectivity index (χ4v) is 4.57. The van der Waals surface area contributed by atoms with Crippen molar-refractivity contribution >= 4 is 27.3 Å². The van der Waals surface area contributed by atoms with Crippen molar-refractivity contribution in [1.82, 2.24) is 4.90 Å². The topological polar surface area (TPSA) is 122 Å². The lowest BCUT2D eigenvalue weighted by atomic mass is 9.95. The highest BCUT2D eigenvalue weighted by atomic mass is 32.2. The molecule has 0 bridgehead atoms. The van der Waals surface area contributed by atoms with E-state index in [-0.39, 0.29) is 39.8 Å². The van der Waals surface area contributed by atoms with Crippen molar-refractivity contribution in [3.05, 3.63) is 42.0 Å². The Morgan fingerprint density at radius 1 is 1.06 bits per heavy atom. The predicted molar refractivity (Wildman–Crippen MR) is 123 cm³/mol. The molecule has 2 aromatic carbocycles. The van der Waals surface area contributed by atoms with Crippen molar-refractivity contribution in [3.8, 4) is 17.2 Å². The number of aromatic hydroxyl groups is 1. The van der Waals surface area contributed by atoms with Crippen molar-refractivity contribution in [2.45, 2.75) is 24.7 Å². The molecule has 0 unspecified atom stereocenters. The molecule has 1 aliphatic rings. The number of methoxy groups -OCH3 is 2. The molecule has 9 nitrogen and oxygen atoms in total. The summed E-state index contributed by atoms with van der Waals surface area (Å²) in [4.78, 5) is 27.4. The lowest BCUT2D eigenvalue weighted by Gasteiger charge is -2.31. The molecule has 1 fully saturated rings. The zero-order valence-electron chi connectivity index (χ0n) is 18.8. The maximum absolute atomic E-state index is 12.9. The van der Waals surface area contributed by atoms with Crippen LogP contribution < -0.4 is 14.8 Å². The van der Waals surface area contributed by atoms with Crippen LogP contribution in [0.25, 0.3) is 0 Å². The summed E-state index contributed by atoms with van der Waals surface area (Å²) in [7, 11) is -0.452. The van der Waals surface area contributed by atoms with Gasteiger partial charge in [-0.2, -0.15) is 0 Å². The first kappa shape index (κ1) is 24.4. The van der Waals surface area contributed by atoms with Gasteiger partial charge in [-0.15, -0.1) is 0 Å². The third kappa shape index (κ3) is 5.57. The van der Waals surface area contributed by atoms with E-state index < -0.39 is 9.84 Å². The summed E-state index contributed by atoms with van der Waals surface area (Å²) >= 11 is 0. The molecule has 2 N–H and O–H groups in total. The molecule has 0 spiro atoms. The van der Waals surface area contributed by atoms with E-state index in [0.717, 1.165) is 0 Å². The highest BCUT2D eigenvalue weighted by Gasteiger charge is 2.29. The number of nitrogens with one attached hydrogen (secondary N) is 1. The molecular formula is C23H28N2O7S. The number of amides is 2. The zero-order valence-corrected chi connectivity index (χ0v) is 19.6. The van der Waals surface area contributed by atoms with Gasteiger partial charge in [0.25, 0.3) is 5.91 Å². The molecule has 178 valence electrons. The standard InChI is InChI=1S/C23H28N2O7S/c1-4-33(29,30)19-5-6-21(26)20(14-19)24-22(27)15-7-9-25(10-8-15)23(28)16-11-17(31-2)13-18(12-16)32-3/h5-6,11-15,26H,4,7-10H2,1-3H3,(H,24,27). The number of likely N-dealkylation sites (tertiary alicyclic amines) is 1. The molecule has 0 aliphatic carbocycles. The number of hydrogen-bond acceptors (Lipinski definition) is 7. The second-order valence-corrected chi connectivity index (χ2v) is 10.0. The van der Waals surface area contributed by atoms with E-state index in [0.29, 0.717) is 43.0 Å². The monoisotopic (exact) mass is 476 g/mol. The number of carbonyl (C=O) groups excluding carboxylic acids is 2. The maximum Gasteiger partial charge on any atom is 0.254 e. The Morgan fingerprint density at radius 2 is 1.67 bits per heavy atom. The van der Waals surface area contributed by atoms with Gasteiger partial charge in [0.1, 0.15) is 17.2 Å². The number of piperidine rings is 1. The Labute approximate surface area is 193 Å². The normalized spacial score (nSPS) is 14.6. The van der Waals surface area contributed by atoms with Crippen LogP contribution in [0.5, 0.6) is 17.2 Å². The molecular weight excluding hydrogens is 448 g/mol. The minimum atomic E-state index is -3.48. The van der Waals surface area contributed by atoms with E-state index in [2.05, 4.69) is 5.32 Å². The van der Waals surface area contributed by atoms with E-state index in [9.17, 15) is 23.1 Å². The Hall–Kier alpha value is -3.27. The molecule has 2 amide bonds. The number of rotatable bonds is 7. The SMILES string of the molecule is CCS(=O)(=O)c1ccc(O)c(NC(=O)C2CCN(C(=O)c3cc(OC)cc(OC)c3)CC2)c1. The molecule has 0 saturated carbocycles. The Balaban J connectivity index is 1.65. The van der Waals surface area contributed by atoms with Crippen LogP contribution in [0, 0.1) is 5.92 Å². The maximum atomic E-state index is 12.9. The molecule has 33 heavy (non-hydrogen) atoms. The van der Waals surface area contributed by atoms with Crippen LogP contribution in [0.4, 0.5) is 5.69 Å². The first-order valence-electron chi connectivity index (χ1n) is 10.6. The van der Waals surface area contributed by atoms with Crippen molar-refractivity contribution in [3.63, 3.8) is 0 Å². The van der Waals surface area contributed by atoms with E-state index >= 15 is 0 Å². The summed E-state index contributed by atoms with van der Waals surface area (Å²) < 4.78 is 34.7. The third-order valence-electron chi connectivity index (χ3n) is 5.72. The second kappa shape index (κ2) is 10.1. The molecule has 1 heterocycles. The van der Waals surface area contributed by atoms with Gasteiger partial charge in [0.05, 0.1) is 30.6 Å². The summed E-state index contributed by atoms with van der Waals surface area (Å²) in [5.74, 6) is -0.153. The second-order valence-electron chi connectivity index (χ2n) is 7.74. The first-order chi connectivity index (χ1) is 15.7. The zero-order chi connectivity index (χ0) is 24.2. The number of phenols is 1. The summed E-state index contributed by atoms with van der Waals surface area (Å²) in [6, 6.07) is 8.79. The summed E-state index contributed by atoms with van der Waals surface area (Å²) in [5, 5.41) is 12.7. The van der Waals surface area contributed by atoms with E-state index in [1.165, 1.54) is 39.3 Å². The third-order valence-corrected chi connectivity index (χ3v) is 7.45. The Bertz CT molecular complexity index is 1120. The van der Waals surface area contributed by atoms with Crippen LogP contribution in [0.1, 0.15) is 30.1 Å². The fraction of sp³-hybridized carbons (Fsp3) is 0.391. The quantitative estimate of drug-likeness (QED) is 0.589. The number of nitrogens with zero attached hydrogens (tertiary/aromatic N) is 1. The van der Waals surface area contributed by atoms with Crippen LogP contribution >= 0.6 is 0 Å². The average Bonchev–Trinajstić information content (AvgIpc) is 2.84. The van der Waals surface area contributed by atoms with Crippen LogP contribution in [0.3, 0.4) is 0 Å². The minimum absolute atomic E-state index is 0.0345. The van der Waals surface area contributed by atoms with Crippen molar-refractivity contribution in [2.75, 3.05) is 38.4 Å². The summed E-state index contributed by atoms with van der Waals surface area (Å²) in [6.45, 7) is 2.29. The highest BCUT2D eigenvalue weighted by molar-refractivity contribution is 7.91. The lowest BCUT2D eigenvalue weighted by molar-refractivity contribution is -0.121. The van der Waals surface area contributed by atoms with Crippen LogP contribution in [0.15, 0.2) is 41.3 Å². The number of hydrogen-bond donors (Lipinski definition) is 2. The number of anilines is 1. The van der Waals surface area contributed by atoms with Crippen LogP contribution in [-0.2, 0) is 14.6 Å². The molecule has 2 aromatic rings. The predicted octanol–water partition coefficient (Wildman–Crippen LogP) is 2.69. The van der Waals surface area contributed by atoms with Crippen molar-refractivity contribution < 1.29 is 32.6 Å². The first-order valence-corrected chi connectivity index (χ1v) is 12.2. The van der Waals surface area contributed by atoms with Crippen LogP contribution in [-0.4, -0.2) is 63.3 Å². The van der Waals surface area contributed by atoms with Gasteiger partial charge in [0.15, 0.2) is 9.84 Å². The number of ether oxygens (including phenoxy) is 2. The molecule has 1 saturated heterocycles. The van der Waals surface area contributed by atoms with Gasteiger partial charge >= 0.3 is 0 Å². The smallest absolute Gasteiger partial charge is 0.254 e. The van der Waals surface area contributed by atoms with Gasteiger partial charge in [-0.3, -0.25) is 9.59 Å². The van der Waals surface area contributed by atoms with Gasteiger partial charge < -0.3 is 24.8 Å². The lowest BCUT2D eigenvalue weighted by Crippen LogP contribution is -2.41. The molecule has 3 rings (SSSR count). The van der Waals surface area contributed by atoms with E-state index in [1.807, 2.05) is 0 Å². The van der Waals surface area contributed by atoms with E-state index in [1.54, 1.807) is 23.1 Å². The van der Waals surface area contributed by atoms with Gasteiger partial charge in [-0.05, 0) is 43.2 Å². The Kier molecular flexibility index (Phi) is 7.47. The molecule has 10 heteroatoms.